The lowest BCUT2D eigenvalue weighted by Crippen LogP contribution is -2.46. The quantitative estimate of drug-likeness (QED) is 0.751. The van der Waals surface area contributed by atoms with Crippen LogP contribution >= 0.6 is 0 Å². The number of hydrogen-bond donors (Lipinski definition) is 2. The Kier molecular flexibility index (Phi) is 4.89. The summed E-state index contributed by atoms with van der Waals surface area (Å²) >= 11 is 0. The second-order valence-corrected chi connectivity index (χ2v) is 4.84. The average Bonchev–Trinajstić information content (AvgIpc) is 3.08. The molecule has 1 atom stereocenters. The Hall–Kier alpha value is -1.70. The first kappa shape index (κ1) is 14.7. The van der Waals surface area contributed by atoms with E-state index in [0.29, 0.717) is 31.3 Å². The largest absolute Gasteiger partial charge is 0.472 e. The van der Waals surface area contributed by atoms with Gasteiger partial charge in [0.25, 0.3) is 0 Å². The van der Waals surface area contributed by atoms with Crippen molar-refractivity contribution in [2.75, 3.05) is 20.3 Å². The van der Waals surface area contributed by atoms with E-state index in [1.54, 1.807) is 25.7 Å². The third-order valence-corrected chi connectivity index (χ3v) is 3.04. The molecule has 7 heteroatoms. The van der Waals surface area contributed by atoms with Gasteiger partial charge in [-0.1, -0.05) is 5.16 Å². The van der Waals surface area contributed by atoms with E-state index in [2.05, 4.69) is 15.5 Å². The summed E-state index contributed by atoms with van der Waals surface area (Å²) in [4.78, 5) is 4.27. The molecule has 0 fully saturated rings. The topological polar surface area (TPSA) is 93.6 Å². The minimum Gasteiger partial charge on any atom is -0.472 e. The van der Waals surface area contributed by atoms with Crippen LogP contribution in [-0.2, 0) is 11.3 Å². The number of methoxy groups -OCH3 is 1. The summed E-state index contributed by atoms with van der Waals surface area (Å²) in [6, 6.07) is 1.77. The van der Waals surface area contributed by atoms with Gasteiger partial charge >= 0.3 is 0 Å². The van der Waals surface area contributed by atoms with Gasteiger partial charge in [0.1, 0.15) is 6.26 Å². The van der Waals surface area contributed by atoms with E-state index in [4.69, 9.17) is 18.8 Å². The fourth-order valence-electron chi connectivity index (χ4n) is 1.90. The van der Waals surface area contributed by atoms with Crippen molar-refractivity contribution in [3.63, 3.8) is 0 Å². The van der Waals surface area contributed by atoms with Gasteiger partial charge in [0.15, 0.2) is 0 Å². The van der Waals surface area contributed by atoms with Gasteiger partial charge < -0.3 is 24.1 Å². The highest BCUT2D eigenvalue weighted by molar-refractivity contribution is 5.51. The molecule has 0 saturated heterocycles. The maximum Gasteiger partial charge on any atom is 0.240 e. The molecule has 110 valence electrons. The van der Waals surface area contributed by atoms with E-state index in [0.717, 1.165) is 5.56 Å². The van der Waals surface area contributed by atoms with Crippen molar-refractivity contribution in [3.05, 3.63) is 24.5 Å². The second kappa shape index (κ2) is 6.65. The molecule has 0 spiro atoms. The highest BCUT2D eigenvalue weighted by atomic mass is 16.5. The van der Waals surface area contributed by atoms with Crippen LogP contribution in [0.1, 0.15) is 19.2 Å². The molecule has 2 aromatic rings. The lowest BCUT2D eigenvalue weighted by Gasteiger charge is -2.28. The molecule has 0 aliphatic carbocycles. The van der Waals surface area contributed by atoms with Gasteiger partial charge in [0, 0.05) is 19.3 Å². The number of furan rings is 1. The Morgan fingerprint density at radius 1 is 1.50 bits per heavy atom. The molecule has 0 radical (unpaired) electrons. The average molecular weight is 281 g/mol. The standard InChI is InChI=1S/C13H19N3O4/c1-13(4-5-17,9-18-2)14-7-11-15-12(16-20-11)10-3-6-19-8-10/h3,6,8,14,17H,4-5,7,9H2,1-2H3. The Morgan fingerprint density at radius 3 is 3.00 bits per heavy atom. The zero-order chi connectivity index (χ0) is 14.4. The summed E-state index contributed by atoms with van der Waals surface area (Å²) in [5, 5.41) is 16.3. The number of nitrogens with zero attached hydrogens (tertiary/aromatic N) is 2. The maximum atomic E-state index is 9.10. The molecule has 20 heavy (non-hydrogen) atoms. The van der Waals surface area contributed by atoms with Crippen molar-refractivity contribution in [1.82, 2.24) is 15.5 Å². The number of ether oxygens (including phenoxy) is 1. The molecule has 0 bridgehead atoms. The zero-order valence-corrected chi connectivity index (χ0v) is 11.6. The summed E-state index contributed by atoms with van der Waals surface area (Å²) < 4.78 is 15.3. The first-order valence-corrected chi connectivity index (χ1v) is 6.37. The molecule has 2 N–H and O–H groups in total. The van der Waals surface area contributed by atoms with Gasteiger partial charge in [-0.2, -0.15) is 4.98 Å². The van der Waals surface area contributed by atoms with Crippen LogP contribution in [0.4, 0.5) is 0 Å². The molecule has 0 aliphatic rings. The predicted molar refractivity (Wildman–Crippen MR) is 70.8 cm³/mol. The summed E-state index contributed by atoms with van der Waals surface area (Å²) in [5.74, 6) is 0.965. The highest BCUT2D eigenvalue weighted by Gasteiger charge is 2.24. The zero-order valence-electron chi connectivity index (χ0n) is 11.6. The lowest BCUT2D eigenvalue weighted by atomic mass is 9.99. The SMILES string of the molecule is COCC(C)(CCO)NCc1nc(-c2ccoc2)no1. The normalized spacial score (nSPS) is 14.3. The van der Waals surface area contributed by atoms with Crippen molar-refractivity contribution in [2.45, 2.75) is 25.4 Å². The molecule has 2 rings (SSSR count). The number of aliphatic hydroxyl groups is 1. The maximum absolute atomic E-state index is 9.10. The molecule has 2 heterocycles. The van der Waals surface area contributed by atoms with E-state index in [-0.39, 0.29) is 12.1 Å². The second-order valence-electron chi connectivity index (χ2n) is 4.84. The van der Waals surface area contributed by atoms with Crippen LogP contribution in [-0.4, -0.2) is 41.1 Å². The predicted octanol–water partition coefficient (Wildman–Crippen LogP) is 1.21. The van der Waals surface area contributed by atoms with E-state index in [1.807, 2.05) is 6.92 Å². The molecule has 0 aliphatic heterocycles. The number of aliphatic hydroxyl groups excluding tert-OH is 1. The van der Waals surface area contributed by atoms with Gasteiger partial charge in [0.2, 0.25) is 11.7 Å². The van der Waals surface area contributed by atoms with E-state index >= 15 is 0 Å². The third kappa shape index (κ3) is 3.66. The van der Waals surface area contributed by atoms with Crippen molar-refractivity contribution in [1.29, 1.82) is 0 Å². The van der Waals surface area contributed by atoms with Crippen molar-refractivity contribution in [2.24, 2.45) is 0 Å². The van der Waals surface area contributed by atoms with Crippen LogP contribution in [0, 0.1) is 0 Å². The van der Waals surface area contributed by atoms with Crippen LogP contribution in [0.5, 0.6) is 0 Å². The molecule has 0 aromatic carbocycles. The van der Waals surface area contributed by atoms with Gasteiger partial charge in [0.05, 0.1) is 25.0 Å². The van der Waals surface area contributed by atoms with E-state index in [9.17, 15) is 0 Å². The molecule has 0 amide bonds. The number of rotatable bonds is 8. The minimum absolute atomic E-state index is 0.0803. The van der Waals surface area contributed by atoms with Gasteiger partial charge in [-0.15, -0.1) is 0 Å². The Morgan fingerprint density at radius 2 is 2.35 bits per heavy atom. The number of hydrogen-bond acceptors (Lipinski definition) is 7. The summed E-state index contributed by atoms with van der Waals surface area (Å²) in [6.45, 7) is 2.94. The van der Waals surface area contributed by atoms with Crippen molar-refractivity contribution < 1.29 is 18.8 Å². The molecular formula is C13H19N3O4. The van der Waals surface area contributed by atoms with E-state index in [1.165, 1.54) is 0 Å². The van der Waals surface area contributed by atoms with Crippen LogP contribution < -0.4 is 5.32 Å². The lowest BCUT2D eigenvalue weighted by molar-refractivity contribution is 0.0948. The number of nitrogens with one attached hydrogen (secondary N) is 1. The van der Waals surface area contributed by atoms with E-state index < -0.39 is 0 Å². The summed E-state index contributed by atoms with van der Waals surface area (Å²) in [7, 11) is 1.63. The van der Waals surface area contributed by atoms with Crippen LogP contribution in [0.3, 0.4) is 0 Å². The molecular weight excluding hydrogens is 262 g/mol. The fraction of sp³-hybridized carbons (Fsp3) is 0.538. The van der Waals surface area contributed by atoms with Crippen LogP contribution in [0.15, 0.2) is 27.5 Å². The smallest absolute Gasteiger partial charge is 0.240 e. The number of aromatic nitrogens is 2. The van der Waals surface area contributed by atoms with Gasteiger partial charge in [-0.25, -0.2) is 0 Å². The Balaban J connectivity index is 1.96. The monoisotopic (exact) mass is 281 g/mol. The minimum atomic E-state index is -0.340. The summed E-state index contributed by atoms with van der Waals surface area (Å²) in [6.07, 6.45) is 3.69. The van der Waals surface area contributed by atoms with Gasteiger partial charge in [-0.3, -0.25) is 0 Å². The molecule has 7 nitrogen and oxygen atoms in total. The van der Waals surface area contributed by atoms with Gasteiger partial charge in [-0.05, 0) is 19.4 Å². The van der Waals surface area contributed by atoms with Crippen LogP contribution in [0.25, 0.3) is 11.4 Å². The van der Waals surface area contributed by atoms with Crippen LogP contribution in [0.2, 0.25) is 0 Å². The molecule has 2 aromatic heterocycles. The first-order valence-electron chi connectivity index (χ1n) is 6.37. The third-order valence-electron chi connectivity index (χ3n) is 3.04. The van der Waals surface area contributed by atoms with Crippen molar-refractivity contribution in [3.8, 4) is 11.4 Å². The Bertz CT molecular complexity index is 503. The Labute approximate surface area is 116 Å². The molecule has 0 saturated carbocycles. The fourth-order valence-corrected chi connectivity index (χ4v) is 1.90. The first-order chi connectivity index (χ1) is 9.67. The molecule has 1 unspecified atom stereocenters. The highest BCUT2D eigenvalue weighted by Crippen LogP contribution is 2.16. The summed E-state index contributed by atoms with van der Waals surface area (Å²) in [5.41, 5.74) is 0.434. The van der Waals surface area contributed by atoms with Crippen molar-refractivity contribution >= 4 is 0 Å².